The number of ether oxygens (including phenoxy) is 2. The van der Waals surface area contributed by atoms with Gasteiger partial charge in [-0.3, -0.25) is 0 Å². The summed E-state index contributed by atoms with van der Waals surface area (Å²) in [5, 5.41) is 4.64. The van der Waals surface area contributed by atoms with Gasteiger partial charge in [-0.2, -0.15) is 0 Å². The molecule has 25 heavy (non-hydrogen) atoms. The molecule has 0 bridgehead atoms. The van der Waals surface area contributed by atoms with E-state index in [1.165, 1.54) is 0 Å². The lowest BCUT2D eigenvalue weighted by atomic mass is 10.1. The van der Waals surface area contributed by atoms with E-state index < -0.39 is 0 Å². The number of hydrogen-bond donors (Lipinski definition) is 1. The molecule has 0 spiro atoms. The molecule has 0 amide bonds. The van der Waals surface area contributed by atoms with E-state index in [1.54, 1.807) is 0 Å². The number of para-hydroxylation sites is 1. The molecule has 132 valence electrons. The molecule has 3 aromatic rings. The molecule has 0 saturated heterocycles. The van der Waals surface area contributed by atoms with Gasteiger partial charge in [0.1, 0.15) is 11.3 Å². The molecule has 0 aliphatic heterocycles. The second-order valence-electron chi connectivity index (χ2n) is 5.93. The number of fused-ring (bicyclic) bond motifs is 1. The first-order valence-corrected chi connectivity index (χ1v) is 8.81. The molecule has 2 aromatic carbocycles. The molecule has 4 nitrogen and oxygen atoms in total. The Hall–Kier alpha value is -2.46. The van der Waals surface area contributed by atoms with E-state index in [0.717, 1.165) is 33.8 Å². The molecule has 4 heteroatoms. The molecule has 0 saturated carbocycles. The Morgan fingerprint density at radius 1 is 0.960 bits per heavy atom. The van der Waals surface area contributed by atoms with Crippen molar-refractivity contribution in [2.24, 2.45) is 0 Å². The molecule has 0 fully saturated rings. The lowest BCUT2D eigenvalue weighted by Gasteiger charge is -2.17. The first kappa shape index (κ1) is 17.4. The number of nitrogens with one attached hydrogen (secondary N) is 1. The molecule has 1 N–H and O–H groups in total. The van der Waals surface area contributed by atoms with E-state index in [4.69, 9.17) is 13.9 Å². The lowest BCUT2D eigenvalue weighted by Crippen LogP contribution is -2.17. The Morgan fingerprint density at radius 2 is 1.72 bits per heavy atom. The first-order valence-electron chi connectivity index (χ1n) is 8.81. The molecular formula is C21H25NO3. The van der Waals surface area contributed by atoms with Crippen molar-refractivity contribution in [1.82, 2.24) is 5.32 Å². The van der Waals surface area contributed by atoms with Gasteiger partial charge in [-0.1, -0.05) is 24.3 Å². The molecule has 1 aromatic heterocycles. The summed E-state index contributed by atoms with van der Waals surface area (Å²) in [6.45, 7) is 8.00. The van der Waals surface area contributed by atoms with E-state index in [2.05, 4.69) is 30.4 Å². The van der Waals surface area contributed by atoms with E-state index in [9.17, 15) is 0 Å². The van der Waals surface area contributed by atoms with Gasteiger partial charge in [-0.25, -0.2) is 0 Å². The summed E-state index contributed by atoms with van der Waals surface area (Å²) in [7, 11) is 0. The van der Waals surface area contributed by atoms with Gasteiger partial charge in [0.25, 0.3) is 0 Å². The van der Waals surface area contributed by atoms with Crippen molar-refractivity contribution in [2.45, 2.75) is 33.4 Å². The largest absolute Gasteiger partial charge is 0.490 e. The van der Waals surface area contributed by atoms with Crippen LogP contribution in [0.2, 0.25) is 0 Å². The highest BCUT2D eigenvalue weighted by Crippen LogP contribution is 2.31. The minimum Gasteiger partial charge on any atom is -0.490 e. The van der Waals surface area contributed by atoms with Gasteiger partial charge in [0, 0.05) is 11.4 Å². The van der Waals surface area contributed by atoms with Gasteiger partial charge in [0.15, 0.2) is 11.5 Å². The second kappa shape index (κ2) is 8.08. The SMILES string of the molecule is CCOc1ccc(C(C)NCc2cc3ccccc3o2)cc1OCC. The average molecular weight is 339 g/mol. The zero-order chi connectivity index (χ0) is 17.6. The van der Waals surface area contributed by atoms with Crippen LogP contribution in [0.3, 0.4) is 0 Å². The Labute approximate surface area is 148 Å². The highest BCUT2D eigenvalue weighted by atomic mass is 16.5. The highest BCUT2D eigenvalue weighted by Gasteiger charge is 2.12. The molecular weight excluding hydrogens is 314 g/mol. The minimum absolute atomic E-state index is 0.170. The third-order valence-corrected chi connectivity index (χ3v) is 4.13. The van der Waals surface area contributed by atoms with Crippen LogP contribution in [0.5, 0.6) is 11.5 Å². The highest BCUT2D eigenvalue weighted by molar-refractivity contribution is 5.77. The number of benzene rings is 2. The zero-order valence-electron chi connectivity index (χ0n) is 15.0. The summed E-state index contributed by atoms with van der Waals surface area (Å²) < 4.78 is 17.2. The Morgan fingerprint density at radius 3 is 2.48 bits per heavy atom. The van der Waals surface area contributed by atoms with E-state index >= 15 is 0 Å². The lowest BCUT2D eigenvalue weighted by molar-refractivity contribution is 0.287. The Bertz CT molecular complexity index is 792. The van der Waals surface area contributed by atoms with Crippen molar-refractivity contribution in [1.29, 1.82) is 0 Å². The predicted octanol–water partition coefficient (Wildman–Crippen LogP) is 5.08. The van der Waals surface area contributed by atoms with Crippen molar-refractivity contribution >= 4 is 11.0 Å². The van der Waals surface area contributed by atoms with Crippen LogP contribution in [0, 0.1) is 0 Å². The van der Waals surface area contributed by atoms with Crippen LogP contribution in [-0.2, 0) is 6.54 Å². The molecule has 0 radical (unpaired) electrons. The van der Waals surface area contributed by atoms with Crippen LogP contribution in [0.1, 0.15) is 38.1 Å². The van der Waals surface area contributed by atoms with Gasteiger partial charge < -0.3 is 19.2 Å². The van der Waals surface area contributed by atoms with Crippen molar-refractivity contribution in [3.05, 3.63) is 59.9 Å². The molecule has 0 aliphatic rings. The van der Waals surface area contributed by atoms with Crippen LogP contribution in [-0.4, -0.2) is 13.2 Å². The molecule has 3 rings (SSSR count). The van der Waals surface area contributed by atoms with Gasteiger partial charge in [0.2, 0.25) is 0 Å². The fourth-order valence-corrected chi connectivity index (χ4v) is 2.83. The van der Waals surface area contributed by atoms with Crippen molar-refractivity contribution < 1.29 is 13.9 Å². The summed E-state index contributed by atoms with van der Waals surface area (Å²) >= 11 is 0. The fraction of sp³-hybridized carbons (Fsp3) is 0.333. The summed E-state index contributed by atoms with van der Waals surface area (Å²) in [6, 6.07) is 16.4. The smallest absolute Gasteiger partial charge is 0.161 e. The maximum Gasteiger partial charge on any atom is 0.161 e. The maximum absolute atomic E-state index is 5.86. The summed E-state index contributed by atoms with van der Waals surface area (Å²) in [5.41, 5.74) is 2.08. The monoisotopic (exact) mass is 339 g/mol. The Kier molecular flexibility index (Phi) is 5.61. The summed E-state index contributed by atoms with van der Waals surface area (Å²) in [4.78, 5) is 0. The standard InChI is InChI=1S/C21H25NO3/c1-4-23-20-11-10-16(13-21(20)24-5-2)15(3)22-14-18-12-17-8-6-7-9-19(17)25-18/h6-13,15,22H,4-5,14H2,1-3H3. The van der Waals surface area contributed by atoms with E-state index in [0.29, 0.717) is 19.8 Å². The van der Waals surface area contributed by atoms with Gasteiger partial charge >= 0.3 is 0 Å². The molecule has 1 heterocycles. The molecule has 1 atom stereocenters. The van der Waals surface area contributed by atoms with Crippen LogP contribution in [0.25, 0.3) is 11.0 Å². The normalized spacial score (nSPS) is 12.3. The number of furan rings is 1. The van der Waals surface area contributed by atoms with E-state index in [-0.39, 0.29) is 6.04 Å². The van der Waals surface area contributed by atoms with Gasteiger partial charge in [-0.05, 0) is 50.6 Å². The van der Waals surface area contributed by atoms with Crippen LogP contribution < -0.4 is 14.8 Å². The second-order valence-corrected chi connectivity index (χ2v) is 5.93. The van der Waals surface area contributed by atoms with Crippen molar-refractivity contribution in [2.75, 3.05) is 13.2 Å². The summed E-state index contributed by atoms with van der Waals surface area (Å²) in [5.74, 6) is 2.51. The molecule has 0 aliphatic carbocycles. The van der Waals surface area contributed by atoms with E-state index in [1.807, 2.05) is 44.2 Å². The molecule has 1 unspecified atom stereocenters. The quantitative estimate of drug-likeness (QED) is 0.621. The summed E-state index contributed by atoms with van der Waals surface area (Å²) in [6.07, 6.45) is 0. The number of hydrogen-bond acceptors (Lipinski definition) is 4. The first-order chi connectivity index (χ1) is 12.2. The third kappa shape index (κ3) is 4.15. The van der Waals surface area contributed by atoms with Crippen molar-refractivity contribution in [3.63, 3.8) is 0 Å². The fourth-order valence-electron chi connectivity index (χ4n) is 2.83. The van der Waals surface area contributed by atoms with Crippen molar-refractivity contribution in [3.8, 4) is 11.5 Å². The predicted molar refractivity (Wildman–Crippen MR) is 100 cm³/mol. The van der Waals surface area contributed by atoms with Gasteiger partial charge in [-0.15, -0.1) is 0 Å². The van der Waals surface area contributed by atoms with Crippen LogP contribution in [0.4, 0.5) is 0 Å². The van der Waals surface area contributed by atoms with Gasteiger partial charge in [0.05, 0.1) is 19.8 Å². The van der Waals surface area contributed by atoms with Crippen LogP contribution in [0.15, 0.2) is 52.9 Å². The minimum atomic E-state index is 0.170. The Balaban J connectivity index is 1.69. The average Bonchev–Trinajstić information content (AvgIpc) is 3.04. The maximum atomic E-state index is 5.86. The zero-order valence-corrected chi connectivity index (χ0v) is 15.0. The third-order valence-electron chi connectivity index (χ3n) is 4.13. The van der Waals surface area contributed by atoms with Crippen LogP contribution >= 0.6 is 0 Å². The number of rotatable bonds is 8. The topological polar surface area (TPSA) is 43.6 Å².